The Kier molecular flexibility index (Phi) is 5.47. The second-order valence-corrected chi connectivity index (χ2v) is 5.20. The van der Waals surface area contributed by atoms with Gasteiger partial charge in [0, 0.05) is 24.7 Å². The minimum Gasteiger partial charge on any atom is -0.409 e. The van der Waals surface area contributed by atoms with Crippen LogP contribution in [0.2, 0.25) is 0 Å². The Hall–Kier alpha value is -2.96. The Morgan fingerprint density at radius 3 is 2.50 bits per heavy atom. The zero-order valence-corrected chi connectivity index (χ0v) is 13.9. The van der Waals surface area contributed by atoms with E-state index in [0.717, 1.165) is 5.56 Å². The van der Waals surface area contributed by atoms with Crippen LogP contribution in [0.25, 0.3) is 11.3 Å². The molecule has 1 heterocycles. The molecule has 0 unspecified atom stereocenters. The third kappa shape index (κ3) is 3.87. The van der Waals surface area contributed by atoms with Gasteiger partial charge in [-0.3, -0.25) is 10.1 Å². The molecule has 0 saturated heterocycles. The second kappa shape index (κ2) is 7.54. The van der Waals surface area contributed by atoms with Crippen LogP contribution in [0.4, 0.5) is 10.5 Å². The molecule has 0 spiro atoms. The molecule has 1 aromatic carbocycles. The second-order valence-electron chi connectivity index (χ2n) is 5.20. The SMILES string of the molecule is CCN(CC)C(=O)Oc1ccc(C)cc1-c1ccc([N+](=O)[O-])cn1. The number of hydrogen-bond donors (Lipinski definition) is 0. The number of aromatic nitrogens is 1. The Bertz CT molecular complexity index is 740. The average Bonchev–Trinajstić information content (AvgIpc) is 2.57. The average molecular weight is 329 g/mol. The van der Waals surface area contributed by atoms with E-state index in [0.29, 0.717) is 30.1 Å². The maximum Gasteiger partial charge on any atom is 0.415 e. The first kappa shape index (κ1) is 17.4. The van der Waals surface area contributed by atoms with Gasteiger partial charge >= 0.3 is 6.09 Å². The lowest BCUT2D eigenvalue weighted by atomic mass is 10.1. The summed E-state index contributed by atoms with van der Waals surface area (Å²) in [6, 6.07) is 8.29. The lowest BCUT2D eigenvalue weighted by molar-refractivity contribution is -0.385. The van der Waals surface area contributed by atoms with Crippen LogP contribution in [0, 0.1) is 17.0 Å². The molecule has 0 aliphatic rings. The summed E-state index contributed by atoms with van der Waals surface area (Å²) in [6.45, 7) is 6.75. The fraction of sp³-hybridized carbons (Fsp3) is 0.294. The topological polar surface area (TPSA) is 85.6 Å². The van der Waals surface area contributed by atoms with E-state index in [9.17, 15) is 14.9 Å². The Labute approximate surface area is 140 Å². The molecule has 0 fully saturated rings. The molecule has 24 heavy (non-hydrogen) atoms. The quantitative estimate of drug-likeness (QED) is 0.615. The number of hydrogen-bond acceptors (Lipinski definition) is 5. The van der Waals surface area contributed by atoms with Crippen molar-refractivity contribution in [3.63, 3.8) is 0 Å². The van der Waals surface area contributed by atoms with Crippen molar-refractivity contribution in [1.29, 1.82) is 0 Å². The fourth-order valence-electron chi connectivity index (χ4n) is 2.23. The van der Waals surface area contributed by atoms with Gasteiger partial charge in [0.1, 0.15) is 11.9 Å². The zero-order valence-electron chi connectivity index (χ0n) is 13.9. The van der Waals surface area contributed by atoms with E-state index in [1.807, 2.05) is 32.9 Å². The number of benzene rings is 1. The zero-order chi connectivity index (χ0) is 17.7. The van der Waals surface area contributed by atoms with Gasteiger partial charge in [0.25, 0.3) is 5.69 Å². The number of carbonyl (C=O) groups is 1. The highest BCUT2D eigenvalue weighted by molar-refractivity contribution is 5.76. The Balaban J connectivity index is 2.37. The normalized spacial score (nSPS) is 10.3. The molecular formula is C17H19N3O4. The molecule has 7 nitrogen and oxygen atoms in total. The van der Waals surface area contributed by atoms with E-state index in [1.54, 1.807) is 17.0 Å². The highest BCUT2D eigenvalue weighted by Gasteiger charge is 2.17. The molecule has 0 radical (unpaired) electrons. The van der Waals surface area contributed by atoms with Crippen LogP contribution >= 0.6 is 0 Å². The standard InChI is InChI=1S/C17H19N3O4/c1-4-19(5-2)17(21)24-16-9-6-12(3)10-14(16)15-8-7-13(11-18-15)20(22)23/h6-11H,4-5H2,1-3H3. The third-order valence-electron chi connectivity index (χ3n) is 3.59. The molecule has 0 atom stereocenters. The van der Waals surface area contributed by atoms with E-state index in [-0.39, 0.29) is 5.69 Å². The largest absolute Gasteiger partial charge is 0.415 e. The number of nitro groups is 1. The van der Waals surface area contributed by atoms with Crippen LogP contribution in [-0.4, -0.2) is 34.0 Å². The van der Waals surface area contributed by atoms with Crippen molar-refractivity contribution in [2.75, 3.05) is 13.1 Å². The number of amides is 1. The number of aryl methyl sites for hydroxylation is 1. The highest BCUT2D eigenvalue weighted by atomic mass is 16.6. The smallest absolute Gasteiger partial charge is 0.409 e. The van der Waals surface area contributed by atoms with Crippen molar-refractivity contribution in [2.24, 2.45) is 0 Å². The molecule has 1 amide bonds. The molecule has 0 saturated carbocycles. The molecule has 2 aromatic rings. The number of carbonyl (C=O) groups excluding carboxylic acids is 1. The summed E-state index contributed by atoms with van der Waals surface area (Å²) in [7, 11) is 0. The molecule has 1 aromatic heterocycles. The molecule has 126 valence electrons. The summed E-state index contributed by atoms with van der Waals surface area (Å²) in [6.07, 6.45) is 0.750. The van der Waals surface area contributed by atoms with E-state index in [2.05, 4.69) is 4.98 Å². The van der Waals surface area contributed by atoms with Crippen molar-refractivity contribution in [3.05, 3.63) is 52.2 Å². The molecular weight excluding hydrogens is 310 g/mol. The van der Waals surface area contributed by atoms with Crippen LogP contribution in [0.15, 0.2) is 36.5 Å². The monoisotopic (exact) mass is 329 g/mol. The Morgan fingerprint density at radius 2 is 1.96 bits per heavy atom. The maximum absolute atomic E-state index is 12.2. The van der Waals surface area contributed by atoms with Gasteiger partial charge < -0.3 is 9.64 Å². The first-order valence-corrected chi connectivity index (χ1v) is 7.64. The molecule has 0 bridgehead atoms. The van der Waals surface area contributed by atoms with Crippen molar-refractivity contribution in [1.82, 2.24) is 9.88 Å². The van der Waals surface area contributed by atoms with Gasteiger partial charge in [-0.1, -0.05) is 11.6 Å². The predicted octanol–water partition coefficient (Wildman–Crippen LogP) is 3.81. The summed E-state index contributed by atoms with van der Waals surface area (Å²) < 4.78 is 5.49. The molecule has 0 aliphatic carbocycles. The molecule has 0 N–H and O–H groups in total. The van der Waals surface area contributed by atoms with Crippen molar-refractivity contribution >= 4 is 11.8 Å². The van der Waals surface area contributed by atoms with Gasteiger partial charge in [0.05, 0.1) is 10.6 Å². The van der Waals surface area contributed by atoms with Crippen molar-refractivity contribution < 1.29 is 14.5 Å². The summed E-state index contributed by atoms with van der Waals surface area (Å²) in [4.78, 5) is 28.1. The van der Waals surface area contributed by atoms with Gasteiger partial charge in [-0.05, 0) is 39.0 Å². The molecule has 0 aliphatic heterocycles. The van der Waals surface area contributed by atoms with Crippen LogP contribution in [-0.2, 0) is 0 Å². The van der Waals surface area contributed by atoms with Gasteiger partial charge in [-0.25, -0.2) is 9.78 Å². The van der Waals surface area contributed by atoms with Crippen LogP contribution in [0.1, 0.15) is 19.4 Å². The minimum absolute atomic E-state index is 0.0897. The van der Waals surface area contributed by atoms with Crippen LogP contribution < -0.4 is 4.74 Å². The molecule has 2 rings (SSSR count). The number of pyridine rings is 1. The van der Waals surface area contributed by atoms with Gasteiger partial charge in [0.15, 0.2) is 0 Å². The van der Waals surface area contributed by atoms with E-state index >= 15 is 0 Å². The van der Waals surface area contributed by atoms with E-state index < -0.39 is 11.0 Å². The predicted molar refractivity (Wildman–Crippen MR) is 90.0 cm³/mol. The van der Waals surface area contributed by atoms with Crippen LogP contribution in [0.3, 0.4) is 0 Å². The van der Waals surface area contributed by atoms with Crippen molar-refractivity contribution in [2.45, 2.75) is 20.8 Å². The summed E-state index contributed by atoms with van der Waals surface area (Å²) in [5.41, 5.74) is 2.00. The lowest BCUT2D eigenvalue weighted by Gasteiger charge is -2.19. The summed E-state index contributed by atoms with van der Waals surface area (Å²) in [5.74, 6) is 0.374. The van der Waals surface area contributed by atoms with Crippen molar-refractivity contribution in [3.8, 4) is 17.0 Å². The minimum atomic E-state index is -0.506. The fourth-order valence-corrected chi connectivity index (χ4v) is 2.23. The molecule has 7 heteroatoms. The van der Waals surface area contributed by atoms with Gasteiger partial charge in [0.2, 0.25) is 0 Å². The lowest BCUT2D eigenvalue weighted by Crippen LogP contribution is -2.33. The summed E-state index contributed by atoms with van der Waals surface area (Å²) in [5, 5.41) is 10.7. The summed E-state index contributed by atoms with van der Waals surface area (Å²) >= 11 is 0. The van der Waals surface area contributed by atoms with Gasteiger partial charge in [-0.15, -0.1) is 0 Å². The van der Waals surface area contributed by atoms with Crippen LogP contribution in [0.5, 0.6) is 5.75 Å². The first-order valence-electron chi connectivity index (χ1n) is 7.64. The number of nitrogens with zero attached hydrogens (tertiary/aromatic N) is 3. The van der Waals surface area contributed by atoms with E-state index in [1.165, 1.54) is 12.3 Å². The van der Waals surface area contributed by atoms with E-state index in [4.69, 9.17) is 4.74 Å². The number of rotatable bonds is 5. The maximum atomic E-state index is 12.2. The highest BCUT2D eigenvalue weighted by Crippen LogP contribution is 2.31. The number of ether oxygens (including phenoxy) is 1. The third-order valence-corrected chi connectivity index (χ3v) is 3.59. The van der Waals surface area contributed by atoms with Gasteiger partial charge in [-0.2, -0.15) is 0 Å². The first-order chi connectivity index (χ1) is 11.5. The Morgan fingerprint density at radius 1 is 1.25 bits per heavy atom.